The van der Waals surface area contributed by atoms with E-state index in [1.54, 1.807) is 12.1 Å². The summed E-state index contributed by atoms with van der Waals surface area (Å²) >= 11 is 0. The number of aryl methyl sites for hydroxylation is 2. The maximum absolute atomic E-state index is 12.8. The number of methoxy groups -OCH3 is 1. The molecule has 0 radical (unpaired) electrons. The molecule has 0 fully saturated rings. The normalized spacial score (nSPS) is 11.6. The van der Waals surface area contributed by atoms with Crippen molar-refractivity contribution >= 4 is 11.9 Å². The molecule has 3 aromatic rings. The first-order valence-electron chi connectivity index (χ1n) is 11.5. The molecule has 3 rings (SSSR count). The molecule has 178 valence electrons. The van der Waals surface area contributed by atoms with Crippen molar-refractivity contribution in [2.75, 3.05) is 20.7 Å². The molecule has 34 heavy (non-hydrogen) atoms. The van der Waals surface area contributed by atoms with Gasteiger partial charge in [0.15, 0.2) is 0 Å². The van der Waals surface area contributed by atoms with Crippen LogP contribution in [0.5, 0.6) is 5.75 Å². The van der Waals surface area contributed by atoms with Crippen molar-refractivity contribution < 1.29 is 19.4 Å². The average molecular weight is 461 g/mol. The van der Waals surface area contributed by atoms with Crippen LogP contribution in [-0.2, 0) is 35.2 Å². The molecule has 0 saturated carbocycles. The average Bonchev–Trinajstić information content (AvgIpc) is 2.86. The second kappa shape index (κ2) is 12.6. The molecule has 6 heteroatoms. The predicted molar refractivity (Wildman–Crippen MR) is 133 cm³/mol. The number of ether oxygens (including phenoxy) is 1. The molecular weight excluding hydrogens is 428 g/mol. The third kappa shape index (κ3) is 7.18. The van der Waals surface area contributed by atoms with Crippen LogP contribution in [0.4, 0.5) is 0 Å². The predicted octanol–water partition coefficient (Wildman–Crippen LogP) is 3.45. The summed E-state index contributed by atoms with van der Waals surface area (Å²) in [6, 6.07) is 22.1. The summed E-state index contributed by atoms with van der Waals surface area (Å²) < 4.78 is 4.85. The van der Waals surface area contributed by atoms with E-state index in [0.717, 1.165) is 36.9 Å². The summed E-state index contributed by atoms with van der Waals surface area (Å²) in [6.45, 7) is 0.950. The standard InChI is InChI=1S/C28H32N2O4/c1-29-17-16-21-10-8-20(9-11-21)12-13-23-14-15-24(26(31)19-23)27(32)30-25(28(33)34-2)18-22-6-4-3-5-7-22/h3-11,14-15,19,25,29,31H,12-13,16-18H2,1-2H3,(H,30,32)/t25-/m0/s1. The van der Waals surface area contributed by atoms with Gasteiger partial charge in [-0.25, -0.2) is 4.79 Å². The zero-order valence-electron chi connectivity index (χ0n) is 19.7. The third-order valence-corrected chi connectivity index (χ3v) is 5.77. The van der Waals surface area contributed by atoms with E-state index >= 15 is 0 Å². The van der Waals surface area contributed by atoms with E-state index in [4.69, 9.17) is 4.74 Å². The molecule has 0 aliphatic rings. The van der Waals surface area contributed by atoms with Crippen LogP contribution in [0.3, 0.4) is 0 Å². The number of likely N-dealkylation sites (N-methyl/N-ethyl adjacent to an activating group) is 1. The van der Waals surface area contributed by atoms with Gasteiger partial charge in [0.25, 0.3) is 5.91 Å². The van der Waals surface area contributed by atoms with Gasteiger partial charge in [0, 0.05) is 6.42 Å². The number of esters is 1. The minimum absolute atomic E-state index is 0.110. The van der Waals surface area contributed by atoms with Crippen LogP contribution in [0.25, 0.3) is 0 Å². The molecular formula is C28H32N2O4. The molecule has 1 amide bonds. The number of carbonyl (C=O) groups excluding carboxylic acids is 2. The summed E-state index contributed by atoms with van der Waals surface area (Å²) in [6.07, 6.45) is 2.87. The zero-order chi connectivity index (χ0) is 24.3. The lowest BCUT2D eigenvalue weighted by Crippen LogP contribution is -2.43. The van der Waals surface area contributed by atoms with Crippen molar-refractivity contribution in [1.29, 1.82) is 0 Å². The lowest BCUT2D eigenvalue weighted by Gasteiger charge is -2.17. The smallest absolute Gasteiger partial charge is 0.328 e. The van der Waals surface area contributed by atoms with Crippen molar-refractivity contribution in [2.24, 2.45) is 0 Å². The van der Waals surface area contributed by atoms with Gasteiger partial charge in [0.1, 0.15) is 11.8 Å². The molecule has 0 aromatic heterocycles. The molecule has 0 saturated heterocycles. The van der Waals surface area contributed by atoms with Crippen LogP contribution in [-0.4, -0.2) is 43.7 Å². The van der Waals surface area contributed by atoms with Crippen LogP contribution in [0.2, 0.25) is 0 Å². The Balaban J connectivity index is 1.61. The Hall–Kier alpha value is -3.64. The Kier molecular flexibility index (Phi) is 9.23. The molecule has 0 spiro atoms. The summed E-state index contributed by atoms with van der Waals surface area (Å²) in [5.41, 5.74) is 4.47. The van der Waals surface area contributed by atoms with Gasteiger partial charge in [-0.2, -0.15) is 0 Å². The van der Waals surface area contributed by atoms with Gasteiger partial charge < -0.3 is 20.5 Å². The maximum atomic E-state index is 12.8. The maximum Gasteiger partial charge on any atom is 0.328 e. The highest BCUT2D eigenvalue weighted by atomic mass is 16.5. The fraction of sp³-hybridized carbons (Fsp3) is 0.286. The second-order valence-corrected chi connectivity index (χ2v) is 8.26. The lowest BCUT2D eigenvalue weighted by molar-refractivity contribution is -0.142. The number of rotatable bonds is 11. The van der Waals surface area contributed by atoms with Crippen LogP contribution < -0.4 is 10.6 Å². The van der Waals surface area contributed by atoms with E-state index < -0.39 is 17.9 Å². The van der Waals surface area contributed by atoms with Crippen LogP contribution in [0.15, 0.2) is 72.8 Å². The molecule has 0 unspecified atom stereocenters. The highest BCUT2D eigenvalue weighted by Gasteiger charge is 2.24. The Bertz CT molecular complexity index is 1080. The van der Waals surface area contributed by atoms with E-state index in [2.05, 4.69) is 34.9 Å². The Labute approximate surface area is 201 Å². The van der Waals surface area contributed by atoms with E-state index in [9.17, 15) is 14.7 Å². The van der Waals surface area contributed by atoms with Gasteiger partial charge in [0.05, 0.1) is 12.7 Å². The number of benzene rings is 3. The molecule has 0 bridgehead atoms. The first kappa shape index (κ1) is 25.0. The number of phenols is 1. The minimum Gasteiger partial charge on any atom is -0.507 e. The number of amides is 1. The topological polar surface area (TPSA) is 87.7 Å². The molecule has 3 N–H and O–H groups in total. The molecule has 1 atom stereocenters. The number of hydrogen-bond acceptors (Lipinski definition) is 5. The van der Waals surface area contributed by atoms with Crippen molar-refractivity contribution in [2.45, 2.75) is 31.7 Å². The highest BCUT2D eigenvalue weighted by molar-refractivity contribution is 5.99. The fourth-order valence-corrected chi connectivity index (χ4v) is 3.78. The van der Waals surface area contributed by atoms with E-state index in [1.165, 1.54) is 18.2 Å². The minimum atomic E-state index is -0.852. The number of nitrogens with one attached hydrogen (secondary N) is 2. The largest absolute Gasteiger partial charge is 0.507 e. The van der Waals surface area contributed by atoms with Gasteiger partial charge in [-0.15, -0.1) is 0 Å². The molecule has 0 aliphatic carbocycles. The van der Waals surface area contributed by atoms with Crippen molar-refractivity contribution in [3.05, 3.63) is 101 Å². The summed E-state index contributed by atoms with van der Waals surface area (Å²) in [5, 5.41) is 16.3. The quantitative estimate of drug-likeness (QED) is 0.382. The first-order chi connectivity index (χ1) is 16.5. The summed E-state index contributed by atoms with van der Waals surface area (Å²) in [5.74, 6) is -1.17. The second-order valence-electron chi connectivity index (χ2n) is 8.26. The molecule has 3 aromatic carbocycles. The number of phenolic OH excluding ortho intramolecular Hbond substituents is 1. The van der Waals surface area contributed by atoms with Crippen LogP contribution in [0.1, 0.15) is 32.6 Å². The number of carbonyl (C=O) groups is 2. The fourth-order valence-electron chi connectivity index (χ4n) is 3.78. The monoisotopic (exact) mass is 460 g/mol. The Morgan fingerprint density at radius 1 is 0.853 bits per heavy atom. The SMILES string of the molecule is CNCCc1ccc(CCc2ccc(C(=O)N[C@@H](Cc3ccccc3)C(=O)OC)c(O)c2)cc1. The zero-order valence-corrected chi connectivity index (χ0v) is 19.7. The Morgan fingerprint density at radius 3 is 2.09 bits per heavy atom. The summed E-state index contributed by atoms with van der Waals surface area (Å²) in [7, 11) is 3.23. The molecule has 0 aliphatic heterocycles. The Morgan fingerprint density at radius 2 is 1.47 bits per heavy atom. The summed E-state index contributed by atoms with van der Waals surface area (Å²) in [4.78, 5) is 25.0. The van der Waals surface area contributed by atoms with Crippen LogP contribution in [0, 0.1) is 0 Å². The van der Waals surface area contributed by atoms with Crippen molar-refractivity contribution in [3.63, 3.8) is 0 Å². The van der Waals surface area contributed by atoms with Gasteiger partial charge in [-0.1, -0.05) is 60.7 Å². The van der Waals surface area contributed by atoms with Crippen molar-refractivity contribution in [3.8, 4) is 5.75 Å². The molecule has 0 heterocycles. The molecule has 6 nitrogen and oxygen atoms in total. The highest BCUT2D eigenvalue weighted by Crippen LogP contribution is 2.21. The van der Waals surface area contributed by atoms with Crippen LogP contribution >= 0.6 is 0 Å². The van der Waals surface area contributed by atoms with E-state index in [-0.39, 0.29) is 11.3 Å². The van der Waals surface area contributed by atoms with Gasteiger partial charge in [0.2, 0.25) is 0 Å². The number of aromatic hydroxyl groups is 1. The van der Waals surface area contributed by atoms with Crippen molar-refractivity contribution in [1.82, 2.24) is 10.6 Å². The van der Waals surface area contributed by atoms with E-state index in [0.29, 0.717) is 6.42 Å². The van der Waals surface area contributed by atoms with E-state index in [1.807, 2.05) is 43.4 Å². The van der Waals surface area contributed by atoms with Gasteiger partial charge in [-0.05, 0) is 67.2 Å². The number of hydrogen-bond donors (Lipinski definition) is 3. The lowest BCUT2D eigenvalue weighted by atomic mass is 10.0. The van der Waals surface area contributed by atoms with Gasteiger partial charge >= 0.3 is 5.97 Å². The first-order valence-corrected chi connectivity index (χ1v) is 11.5. The third-order valence-electron chi connectivity index (χ3n) is 5.77. The van der Waals surface area contributed by atoms with Gasteiger partial charge in [-0.3, -0.25) is 4.79 Å².